The number of esters is 1. The molecule has 29 heavy (non-hydrogen) atoms. The highest BCUT2D eigenvalue weighted by molar-refractivity contribution is 6.36. The van der Waals surface area contributed by atoms with Gasteiger partial charge in [-0.3, -0.25) is 5.43 Å². The number of likely N-dealkylation sites (tertiary alicyclic amines) is 1. The van der Waals surface area contributed by atoms with E-state index in [1.165, 1.54) is 0 Å². The van der Waals surface area contributed by atoms with Crippen LogP contribution in [0.4, 0.5) is 10.5 Å². The highest BCUT2D eigenvalue weighted by atomic mass is 16.6. The first-order valence-corrected chi connectivity index (χ1v) is 10.2. The first-order chi connectivity index (χ1) is 14.0. The monoisotopic (exact) mass is 402 g/mol. The third-order valence-electron chi connectivity index (χ3n) is 5.32. The van der Waals surface area contributed by atoms with Crippen LogP contribution in [0.5, 0.6) is 0 Å². The van der Waals surface area contributed by atoms with E-state index in [2.05, 4.69) is 27.8 Å². The minimum atomic E-state index is -0.362. The highest BCUT2D eigenvalue weighted by Crippen LogP contribution is 2.21. The van der Waals surface area contributed by atoms with Crippen molar-refractivity contribution in [1.29, 1.82) is 0 Å². The number of hydrogen-bond donors (Lipinski definition) is 2. The van der Waals surface area contributed by atoms with Crippen LogP contribution in [0.15, 0.2) is 29.4 Å². The fourth-order valence-electron chi connectivity index (χ4n) is 3.60. The van der Waals surface area contributed by atoms with Crippen LogP contribution in [0.25, 0.3) is 0 Å². The zero-order valence-electron chi connectivity index (χ0n) is 17.1. The van der Waals surface area contributed by atoms with Crippen molar-refractivity contribution in [3.05, 3.63) is 29.8 Å². The summed E-state index contributed by atoms with van der Waals surface area (Å²) in [5.41, 5.74) is 5.32. The van der Waals surface area contributed by atoms with Crippen molar-refractivity contribution in [2.75, 3.05) is 38.8 Å². The number of anilines is 1. The van der Waals surface area contributed by atoms with Gasteiger partial charge in [0.05, 0.1) is 18.3 Å². The van der Waals surface area contributed by atoms with Gasteiger partial charge in [-0.15, -0.1) is 0 Å². The molecule has 8 heteroatoms. The second-order valence-electron chi connectivity index (χ2n) is 7.68. The molecular formula is C21H30N4O4. The number of carbonyl (C=O) groups excluding carboxylic acids is 2. The number of amides is 1. The van der Waals surface area contributed by atoms with Crippen LogP contribution >= 0.6 is 0 Å². The number of cyclic esters (lactones) is 1. The van der Waals surface area contributed by atoms with Gasteiger partial charge in [0, 0.05) is 6.42 Å². The number of benzene rings is 1. The van der Waals surface area contributed by atoms with E-state index in [0.29, 0.717) is 37.7 Å². The van der Waals surface area contributed by atoms with Crippen LogP contribution in [0.2, 0.25) is 0 Å². The molecule has 158 valence electrons. The lowest BCUT2D eigenvalue weighted by atomic mass is 9.91. The van der Waals surface area contributed by atoms with Gasteiger partial charge in [-0.05, 0) is 69.9 Å². The Balaban J connectivity index is 1.58. The van der Waals surface area contributed by atoms with Crippen molar-refractivity contribution < 1.29 is 19.1 Å². The highest BCUT2D eigenvalue weighted by Gasteiger charge is 2.23. The van der Waals surface area contributed by atoms with E-state index in [1.54, 1.807) is 6.92 Å². The third-order valence-corrected chi connectivity index (χ3v) is 5.32. The first-order valence-electron chi connectivity index (χ1n) is 10.2. The molecule has 3 rings (SSSR count). The lowest BCUT2D eigenvalue weighted by molar-refractivity contribution is -0.135. The molecule has 1 unspecified atom stereocenters. The van der Waals surface area contributed by atoms with Gasteiger partial charge in [-0.25, -0.2) is 9.59 Å². The second-order valence-corrected chi connectivity index (χ2v) is 7.68. The number of alkyl carbamates (subject to hydrolysis) is 1. The standard InChI is InChI=1S/C21H30N4O4/c1-3-28-20(26)19(13-16-8-10-25(2)11-9-16)24-23-17-6-4-15(5-7-17)12-18-14-29-21(27)22-18/h4-7,16,18,23H,3,8-14H2,1-2H3,(H,22,27)/b24-19-. The number of nitrogens with zero attached hydrogens (tertiary/aromatic N) is 2. The maximum absolute atomic E-state index is 12.3. The smallest absolute Gasteiger partial charge is 0.407 e. The molecule has 0 aromatic heterocycles. The molecule has 2 saturated heterocycles. The lowest BCUT2D eigenvalue weighted by Gasteiger charge is -2.28. The first kappa shape index (κ1) is 21.1. The SMILES string of the molecule is CCOC(=O)/C(CC1CCN(C)CC1)=N\Nc1ccc(CC2COC(=O)N2)cc1. The van der Waals surface area contributed by atoms with Crippen molar-refractivity contribution in [3.8, 4) is 0 Å². The minimum absolute atomic E-state index is 0.00397. The van der Waals surface area contributed by atoms with Gasteiger partial charge in [-0.2, -0.15) is 5.10 Å². The topological polar surface area (TPSA) is 92.3 Å². The molecule has 0 saturated carbocycles. The Kier molecular flexibility index (Phi) is 7.46. The summed E-state index contributed by atoms with van der Waals surface area (Å²) < 4.78 is 10.1. The molecule has 2 aliphatic heterocycles. The van der Waals surface area contributed by atoms with Crippen LogP contribution in [-0.4, -0.2) is 62.1 Å². The van der Waals surface area contributed by atoms with E-state index in [0.717, 1.165) is 37.2 Å². The van der Waals surface area contributed by atoms with E-state index in [9.17, 15) is 9.59 Å². The number of hydrogen-bond acceptors (Lipinski definition) is 7. The van der Waals surface area contributed by atoms with Gasteiger partial charge < -0.3 is 19.7 Å². The predicted octanol–water partition coefficient (Wildman–Crippen LogP) is 2.40. The Hall–Kier alpha value is -2.61. The molecule has 8 nitrogen and oxygen atoms in total. The normalized spacial score (nSPS) is 20.8. The lowest BCUT2D eigenvalue weighted by Crippen LogP contribution is -2.32. The van der Waals surface area contributed by atoms with Crippen LogP contribution in [0.1, 0.15) is 31.7 Å². The molecule has 1 aromatic rings. The fraction of sp³-hybridized carbons (Fsp3) is 0.571. The molecule has 0 radical (unpaired) electrons. The summed E-state index contributed by atoms with van der Waals surface area (Å²) in [4.78, 5) is 25.7. The van der Waals surface area contributed by atoms with Crippen LogP contribution in [0.3, 0.4) is 0 Å². The summed E-state index contributed by atoms with van der Waals surface area (Å²) in [6.45, 7) is 4.61. The largest absolute Gasteiger partial charge is 0.461 e. The average Bonchev–Trinajstić information content (AvgIpc) is 3.12. The Morgan fingerprint density at radius 2 is 2.03 bits per heavy atom. The summed E-state index contributed by atoms with van der Waals surface area (Å²) in [6.07, 6.45) is 3.09. The number of rotatable bonds is 8. The maximum atomic E-state index is 12.3. The quantitative estimate of drug-likeness (QED) is 0.394. The van der Waals surface area contributed by atoms with Gasteiger partial charge in [-0.1, -0.05) is 12.1 Å². The Morgan fingerprint density at radius 3 is 2.66 bits per heavy atom. The summed E-state index contributed by atoms with van der Waals surface area (Å²) in [7, 11) is 2.12. The fourth-order valence-corrected chi connectivity index (χ4v) is 3.60. The number of piperidine rings is 1. The Bertz CT molecular complexity index is 727. The summed E-state index contributed by atoms with van der Waals surface area (Å²) >= 11 is 0. The van der Waals surface area contributed by atoms with E-state index in [4.69, 9.17) is 9.47 Å². The predicted molar refractivity (Wildman–Crippen MR) is 111 cm³/mol. The van der Waals surface area contributed by atoms with Crippen LogP contribution < -0.4 is 10.7 Å². The van der Waals surface area contributed by atoms with Gasteiger partial charge in [0.15, 0.2) is 0 Å². The molecule has 2 N–H and O–H groups in total. The third kappa shape index (κ3) is 6.45. The Labute approximate surface area is 171 Å². The molecule has 1 aromatic carbocycles. The van der Waals surface area contributed by atoms with E-state index in [-0.39, 0.29) is 18.1 Å². The van der Waals surface area contributed by atoms with Crippen LogP contribution in [-0.2, 0) is 20.7 Å². The zero-order chi connectivity index (χ0) is 20.6. The van der Waals surface area contributed by atoms with E-state index >= 15 is 0 Å². The number of nitrogens with one attached hydrogen (secondary N) is 2. The number of ether oxygens (including phenoxy) is 2. The maximum Gasteiger partial charge on any atom is 0.407 e. The van der Waals surface area contributed by atoms with Crippen molar-refractivity contribution in [3.63, 3.8) is 0 Å². The summed E-state index contributed by atoms with van der Waals surface area (Å²) in [5.74, 6) is 0.0925. The number of carbonyl (C=O) groups is 2. The van der Waals surface area contributed by atoms with Gasteiger partial charge >= 0.3 is 12.1 Å². The number of hydrazone groups is 1. The van der Waals surface area contributed by atoms with Crippen molar-refractivity contribution >= 4 is 23.5 Å². The Morgan fingerprint density at radius 1 is 1.31 bits per heavy atom. The van der Waals surface area contributed by atoms with Crippen molar-refractivity contribution in [2.45, 2.75) is 38.6 Å². The summed E-state index contributed by atoms with van der Waals surface area (Å²) in [5, 5.41) is 7.14. The molecule has 2 heterocycles. The minimum Gasteiger partial charge on any atom is -0.461 e. The van der Waals surface area contributed by atoms with Crippen LogP contribution in [0, 0.1) is 5.92 Å². The van der Waals surface area contributed by atoms with Gasteiger partial charge in [0.25, 0.3) is 0 Å². The van der Waals surface area contributed by atoms with E-state index < -0.39 is 0 Å². The molecule has 2 fully saturated rings. The zero-order valence-corrected chi connectivity index (χ0v) is 17.1. The average molecular weight is 402 g/mol. The molecule has 1 atom stereocenters. The van der Waals surface area contributed by atoms with Gasteiger partial charge in [0.1, 0.15) is 12.3 Å². The van der Waals surface area contributed by atoms with E-state index in [1.807, 2.05) is 24.3 Å². The molecule has 1 amide bonds. The molecule has 0 bridgehead atoms. The molecule has 0 spiro atoms. The molecule has 2 aliphatic rings. The molecular weight excluding hydrogens is 372 g/mol. The second kappa shape index (κ2) is 10.2. The molecule has 0 aliphatic carbocycles. The summed E-state index contributed by atoms with van der Waals surface area (Å²) in [6, 6.07) is 7.78. The van der Waals surface area contributed by atoms with Crippen molar-refractivity contribution in [1.82, 2.24) is 10.2 Å². The van der Waals surface area contributed by atoms with Crippen molar-refractivity contribution in [2.24, 2.45) is 11.0 Å². The van der Waals surface area contributed by atoms with Gasteiger partial charge in [0.2, 0.25) is 0 Å².